The zero-order valence-corrected chi connectivity index (χ0v) is 15.6. The van der Waals surface area contributed by atoms with Crippen molar-refractivity contribution in [3.8, 4) is 5.69 Å². The molecule has 27 heavy (non-hydrogen) atoms. The van der Waals surface area contributed by atoms with Crippen molar-refractivity contribution >= 4 is 22.3 Å². The maximum atomic E-state index is 12.6. The second-order valence-electron chi connectivity index (χ2n) is 6.01. The lowest BCUT2D eigenvalue weighted by Crippen LogP contribution is -2.15. The molecule has 0 bridgehead atoms. The number of hydrogen-bond acceptors (Lipinski definition) is 6. The molecule has 3 heterocycles. The van der Waals surface area contributed by atoms with E-state index in [1.54, 1.807) is 23.2 Å². The molecular weight excluding hydrogens is 364 g/mol. The minimum Gasteiger partial charge on any atom is -0.455 e. The molecule has 0 saturated heterocycles. The van der Waals surface area contributed by atoms with Crippen LogP contribution in [0.3, 0.4) is 0 Å². The minimum absolute atomic E-state index is 0.0716. The lowest BCUT2D eigenvalue weighted by atomic mass is 10.2. The van der Waals surface area contributed by atoms with E-state index in [-0.39, 0.29) is 12.2 Å². The number of carbonyl (C=O) groups excluding carboxylic acids is 1. The first kappa shape index (κ1) is 17.2. The van der Waals surface area contributed by atoms with Crippen molar-refractivity contribution in [3.05, 3.63) is 81.0 Å². The van der Waals surface area contributed by atoms with Crippen molar-refractivity contribution in [2.24, 2.45) is 0 Å². The molecule has 0 aliphatic heterocycles. The second-order valence-corrected chi connectivity index (χ2v) is 6.88. The van der Waals surface area contributed by atoms with Crippen LogP contribution in [0.5, 0.6) is 0 Å². The number of hydrogen-bond donors (Lipinski definition) is 0. The second kappa shape index (κ2) is 6.81. The van der Waals surface area contributed by atoms with E-state index in [1.807, 2.05) is 37.3 Å². The Morgan fingerprint density at radius 1 is 1.22 bits per heavy atom. The zero-order chi connectivity index (χ0) is 19.0. The molecule has 4 aromatic rings. The van der Waals surface area contributed by atoms with Gasteiger partial charge in [-0.1, -0.05) is 18.2 Å². The van der Waals surface area contributed by atoms with Gasteiger partial charge in [0.2, 0.25) is 0 Å². The number of carbonyl (C=O) groups is 1. The summed E-state index contributed by atoms with van der Waals surface area (Å²) < 4.78 is 8.58. The molecule has 7 nitrogen and oxygen atoms in total. The Bertz CT molecular complexity index is 1190. The average Bonchev–Trinajstić information content (AvgIpc) is 3.25. The fourth-order valence-corrected chi connectivity index (χ4v) is 3.67. The van der Waals surface area contributed by atoms with E-state index in [0.717, 1.165) is 5.69 Å². The number of aryl methyl sites for hydroxylation is 1. The van der Waals surface area contributed by atoms with Gasteiger partial charge in [0.1, 0.15) is 12.2 Å². The van der Waals surface area contributed by atoms with E-state index in [9.17, 15) is 9.59 Å². The smallest absolute Gasteiger partial charge is 0.342 e. The lowest BCUT2D eigenvalue weighted by Gasteiger charge is -2.06. The Morgan fingerprint density at radius 3 is 2.78 bits per heavy atom. The summed E-state index contributed by atoms with van der Waals surface area (Å²) in [7, 11) is 0. The number of thiazole rings is 1. The topological polar surface area (TPSA) is 78.5 Å². The number of aromatic nitrogens is 4. The van der Waals surface area contributed by atoms with Crippen molar-refractivity contribution < 1.29 is 9.53 Å². The molecule has 0 spiro atoms. The normalized spacial score (nSPS) is 11.0. The maximum absolute atomic E-state index is 12.6. The number of benzene rings is 1. The Labute approximate surface area is 158 Å². The molecule has 0 saturated carbocycles. The largest absolute Gasteiger partial charge is 0.455 e. The highest BCUT2D eigenvalue weighted by Gasteiger charge is 2.21. The monoisotopic (exact) mass is 380 g/mol. The van der Waals surface area contributed by atoms with Gasteiger partial charge >= 0.3 is 5.97 Å². The highest BCUT2D eigenvalue weighted by atomic mass is 32.1. The van der Waals surface area contributed by atoms with Crippen molar-refractivity contribution in [3.63, 3.8) is 0 Å². The molecule has 1 aromatic carbocycles. The molecule has 3 aromatic heterocycles. The van der Waals surface area contributed by atoms with Gasteiger partial charge in [-0.2, -0.15) is 5.10 Å². The summed E-state index contributed by atoms with van der Waals surface area (Å²) in [6.07, 6.45) is 1.66. The zero-order valence-electron chi connectivity index (χ0n) is 14.7. The van der Waals surface area contributed by atoms with Crippen LogP contribution >= 0.6 is 11.3 Å². The number of rotatable bonds is 4. The Hall–Kier alpha value is -3.26. The molecule has 4 rings (SSSR count). The Balaban J connectivity index is 1.58. The number of para-hydroxylation sites is 1. The van der Waals surface area contributed by atoms with Gasteiger partial charge in [-0.15, -0.1) is 11.3 Å². The van der Waals surface area contributed by atoms with Gasteiger partial charge in [-0.3, -0.25) is 9.20 Å². The average molecular weight is 380 g/mol. The molecule has 0 unspecified atom stereocenters. The van der Waals surface area contributed by atoms with Crippen molar-refractivity contribution in [2.75, 3.05) is 0 Å². The summed E-state index contributed by atoms with van der Waals surface area (Å²) in [6, 6.07) is 11.0. The summed E-state index contributed by atoms with van der Waals surface area (Å²) in [5.41, 5.74) is 2.80. The number of fused-ring (bicyclic) bond motifs is 1. The third-order valence-electron chi connectivity index (χ3n) is 4.20. The SMILES string of the molecule is Cc1nn(-c2ccccc2)c(C)c1C(=O)OCc1cc(=O)n2ccsc2n1. The molecule has 0 aliphatic carbocycles. The minimum atomic E-state index is -0.486. The van der Waals surface area contributed by atoms with Crippen LogP contribution in [0, 0.1) is 13.8 Å². The number of nitrogens with zero attached hydrogens (tertiary/aromatic N) is 4. The summed E-state index contributed by atoms with van der Waals surface area (Å²) in [5, 5.41) is 6.24. The summed E-state index contributed by atoms with van der Waals surface area (Å²) in [4.78, 5) is 29.5. The molecule has 8 heteroatoms. The van der Waals surface area contributed by atoms with Gasteiger partial charge < -0.3 is 4.74 Å². The standard InChI is InChI=1S/C19H16N4O3S/c1-12-17(13(2)23(21-12)15-6-4-3-5-7-15)18(25)26-11-14-10-16(24)22-8-9-27-19(22)20-14/h3-10H,11H2,1-2H3. The van der Waals surface area contributed by atoms with Crippen molar-refractivity contribution in [2.45, 2.75) is 20.5 Å². The van der Waals surface area contributed by atoms with Crippen LogP contribution in [-0.2, 0) is 11.3 Å². The molecule has 0 amide bonds. The molecule has 0 fully saturated rings. The van der Waals surface area contributed by atoms with Crippen LogP contribution in [0.1, 0.15) is 27.4 Å². The van der Waals surface area contributed by atoms with Crippen molar-refractivity contribution in [1.29, 1.82) is 0 Å². The first-order chi connectivity index (χ1) is 13.0. The molecule has 0 radical (unpaired) electrons. The fraction of sp³-hybridized carbons (Fsp3) is 0.158. The van der Waals surface area contributed by atoms with E-state index in [4.69, 9.17) is 4.74 Å². The maximum Gasteiger partial charge on any atom is 0.342 e. The summed E-state index contributed by atoms with van der Waals surface area (Å²) >= 11 is 1.35. The van der Waals surface area contributed by atoms with Crippen LogP contribution in [-0.4, -0.2) is 25.1 Å². The molecule has 0 N–H and O–H groups in total. The predicted molar refractivity (Wildman–Crippen MR) is 101 cm³/mol. The van der Waals surface area contributed by atoms with Crippen LogP contribution in [0.2, 0.25) is 0 Å². The van der Waals surface area contributed by atoms with Gasteiger partial charge in [0.25, 0.3) is 5.56 Å². The van der Waals surface area contributed by atoms with Gasteiger partial charge in [-0.25, -0.2) is 14.5 Å². The van der Waals surface area contributed by atoms with Gasteiger partial charge in [0, 0.05) is 17.6 Å². The molecular formula is C19H16N4O3S. The van der Waals surface area contributed by atoms with Crippen LogP contribution in [0.25, 0.3) is 10.6 Å². The van der Waals surface area contributed by atoms with Crippen LogP contribution < -0.4 is 5.56 Å². The number of ether oxygens (including phenoxy) is 1. The Kier molecular flexibility index (Phi) is 4.33. The third kappa shape index (κ3) is 3.15. The Morgan fingerprint density at radius 2 is 2.00 bits per heavy atom. The highest BCUT2D eigenvalue weighted by molar-refractivity contribution is 7.15. The summed E-state index contributed by atoms with van der Waals surface area (Å²) in [6.45, 7) is 3.52. The van der Waals surface area contributed by atoms with E-state index in [0.29, 0.717) is 27.6 Å². The quantitative estimate of drug-likeness (QED) is 0.509. The van der Waals surface area contributed by atoms with E-state index in [2.05, 4.69) is 10.1 Å². The van der Waals surface area contributed by atoms with E-state index >= 15 is 0 Å². The van der Waals surface area contributed by atoms with E-state index in [1.165, 1.54) is 21.8 Å². The first-order valence-corrected chi connectivity index (χ1v) is 9.17. The fourth-order valence-electron chi connectivity index (χ4n) is 2.93. The molecule has 0 atom stereocenters. The van der Waals surface area contributed by atoms with Crippen molar-refractivity contribution in [1.82, 2.24) is 19.2 Å². The number of esters is 1. The molecule has 0 aliphatic rings. The van der Waals surface area contributed by atoms with Gasteiger partial charge in [0.15, 0.2) is 4.96 Å². The van der Waals surface area contributed by atoms with Gasteiger partial charge in [-0.05, 0) is 26.0 Å². The third-order valence-corrected chi connectivity index (χ3v) is 4.96. The lowest BCUT2D eigenvalue weighted by molar-refractivity contribution is 0.0466. The van der Waals surface area contributed by atoms with Crippen LogP contribution in [0.15, 0.2) is 52.8 Å². The van der Waals surface area contributed by atoms with Gasteiger partial charge in [0.05, 0.1) is 22.8 Å². The highest BCUT2D eigenvalue weighted by Crippen LogP contribution is 2.19. The molecule has 136 valence electrons. The predicted octanol–water partition coefficient (Wildman–Crippen LogP) is 2.92. The first-order valence-electron chi connectivity index (χ1n) is 8.29. The van der Waals surface area contributed by atoms with Crippen LogP contribution in [0.4, 0.5) is 0 Å². The summed E-state index contributed by atoms with van der Waals surface area (Å²) in [5.74, 6) is -0.486. The van der Waals surface area contributed by atoms with E-state index < -0.39 is 5.97 Å².